The highest BCUT2D eigenvalue weighted by Gasteiger charge is 2.20. The number of aliphatic imine (C=N–C) groups is 1. The third-order valence-electron chi connectivity index (χ3n) is 6.06. The summed E-state index contributed by atoms with van der Waals surface area (Å²) in [5.74, 6) is 0.645. The van der Waals surface area contributed by atoms with Crippen molar-refractivity contribution in [2.45, 2.75) is 20.0 Å². The third-order valence-corrected chi connectivity index (χ3v) is 6.89. The molecule has 1 aromatic carbocycles. The number of hydrogen-bond acceptors (Lipinski definition) is 6. The summed E-state index contributed by atoms with van der Waals surface area (Å²) in [6.07, 6.45) is 1.86. The van der Waals surface area contributed by atoms with Gasteiger partial charge in [-0.25, -0.2) is 9.98 Å². The molecule has 2 aliphatic heterocycles. The molecule has 2 fully saturated rings. The fourth-order valence-electron chi connectivity index (χ4n) is 4.04. The van der Waals surface area contributed by atoms with Crippen molar-refractivity contribution in [2.24, 2.45) is 10.7 Å². The number of likely N-dealkylation sites (N-methyl/N-ethyl adjacent to an activating group) is 1. The van der Waals surface area contributed by atoms with E-state index in [2.05, 4.69) is 60.8 Å². The first-order valence-corrected chi connectivity index (χ1v) is 11.8. The van der Waals surface area contributed by atoms with Crippen LogP contribution in [0.5, 0.6) is 0 Å². The molecule has 0 bridgehead atoms. The maximum atomic E-state index is 6.27. The van der Waals surface area contributed by atoms with Gasteiger partial charge in [0.2, 0.25) is 0 Å². The first-order chi connectivity index (χ1) is 14.7. The number of halogens is 1. The van der Waals surface area contributed by atoms with Gasteiger partial charge in [0.05, 0.1) is 6.54 Å². The Kier molecular flexibility index (Phi) is 9.36. The van der Waals surface area contributed by atoms with Crippen LogP contribution < -0.4 is 10.6 Å². The zero-order valence-electron chi connectivity index (χ0n) is 18.3. The maximum Gasteiger partial charge on any atom is 0.191 e. The van der Waals surface area contributed by atoms with Gasteiger partial charge in [-0.1, -0.05) is 31.2 Å². The molecule has 0 radical (unpaired) electrons. The van der Waals surface area contributed by atoms with Crippen LogP contribution in [0.25, 0.3) is 0 Å². The van der Waals surface area contributed by atoms with Gasteiger partial charge in [0.25, 0.3) is 0 Å². The Labute approximate surface area is 206 Å². The van der Waals surface area contributed by atoms with Crippen LogP contribution in [0.4, 0.5) is 5.13 Å². The quantitative estimate of drug-likeness (QED) is 0.336. The van der Waals surface area contributed by atoms with Crippen LogP contribution in [0.1, 0.15) is 18.1 Å². The molecule has 9 heteroatoms. The smallest absolute Gasteiger partial charge is 0.191 e. The van der Waals surface area contributed by atoms with Crippen molar-refractivity contribution in [3.8, 4) is 0 Å². The molecule has 2 aliphatic rings. The van der Waals surface area contributed by atoms with Gasteiger partial charge in [-0.05, 0) is 17.7 Å². The number of hydrogen-bond donors (Lipinski definition) is 1. The Morgan fingerprint density at radius 2 is 1.61 bits per heavy atom. The molecule has 0 atom stereocenters. The van der Waals surface area contributed by atoms with E-state index >= 15 is 0 Å². The highest BCUT2D eigenvalue weighted by atomic mass is 127. The summed E-state index contributed by atoms with van der Waals surface area (Å²) in [5.41, 5.74) is 8.85. The number of nitrogens with two attached hydrogens (primary N) is 1. The first kappa shape index (κ1) is 24.2. The summed E-state index contributed by atoms with van der Waals surface area (Å²) in [4.78, 5) is 18.6. The van der Waals surface area contributed by atoms with Crippen molar-refractivity contribution in [3.05, 3.63) is 47.0 Å². The third kappa shape index (κ3) is 6.77. The van der Waals surface area contributed by atoms with E-state index in [0.29, 0.717) is 12.5 Å². The first-order valence-electron chi connectivity index (χ1n) is 10.9. The summed E-state index contributed by atoms with van der Waals surface area (Å²) in [6.45, 7) is 13.4. The fraction of sp³-hybridized carbons (Fsp3) is 0.545. The van der Waals surface area contributed by atoms with Crippen LogP contribution in [0.3, 0.4) is 0 Å². The molecule has 0 amide bonds. The summed E-state index contributed by atoms with van der Waals surface area (Å²) in [6, 6.07) is 8.85. The molecule has 170 valence electrons. The van der Waals surface area contributed by atoms with Crippen LogP contribution in [0.15, 0.2) is 40.8 Å². The lowest BCUT2D eigenvalue weighted by Crippen LogP contribution is -2.51. The van der Waals surface area contributed by atoms with E-state index in [9.17, 15) is 0 Å². The van der Waals surface area contributed by atoms with Gasteiger partial charge in [0, 0.05) is 70.5 Å². The number of piperazine rings is 2. The van der Waals surface area contributed by atoms with Crippen molar-refractivity contribution in [1.82, 2.24) is 19.7 Å². The molecule has 0 unspecified atom stereocenters. The molecule has 0 saturated carbocycles. The van der Waals surface area contributed by atoms with Crippen LogP contribution in [-0.2, 0) is 13.1 Å². The fourth-order valence-corrected chi connectivity index (χ4v) is 4.74. The van der Waals surface area contributed by atoms with E-state index in [1.807, 2.05) is 11.6 Å². The van der Waals surface area contributed by atoms with Gasteiger partial charge in [-0.3, -0.25) is 4.90 Å². The van der Waals surface area contributed by atoms with Crippen molar-refractivity contribution in [1.29, 1.82) is 0 Å². The minimum atomic E-state index is 0. The summed E-state index contributed by atoms with van der Waals surface area (Å²) in [5, 5.41) is 3.12. The summed E-state index contributed by atoms with van der Waals surface area (Å²) in [7, 11) is 0. The van der Waals surface area contributed by atoms with Gasteiger partial charge in [0.15, 0.2) is 11.1 Å². The monoisotopic (exact) mass is 555 g/mol. The average molecular weight is 556 g/mol. The minimum absolute atomic E-state index is 0. The molecule has 31 heavy (non-hydrogen) atoms. The van der Waals surface area contributed by atoms with Gasteiger partial charge < -0.3 is 20.4 Å². The second-order valence-electron chi connectivity index (χ2n) is 7.99. The zero-order valence-corrected chi connectivity index (χ0v) is 21.5. The number of thiazole rings is 1. The van der Waals surface area contributed by atoms with Gasteiger partial charge in [-0.15, -0.1) is 35.3 Å². The van der Waals surface area contributed by atoms with Crippen molar-refractivity contribution < 1.29 is 0 Å². The Balaban J connectivity index is 0.00000272. The lowest BCUT2D eigenvalue weighted by Gasteiger charge is -2.35. The van der Waals surface area contributed by atoms with E-state index in [-0.39, 0.29) is 24.0 Å². The van der Waals surface area contributed by atoms with Gasteiger partial charge in [0.1, 0.15) is 0 Å². The molecule has 2 saturated heterocycles. The number of benzene rings is 1. The zero-order chi connectivity index (χ0) is 20.8. The van der Waals surface area contributed by atoms with E-state index in [1.165, 1.54) is 24.2 Å². The highest BCUT2D eigenvalue weighted by molar-refractivity contribution is 14.0. The molecular weight excluding hydrogens is 521 g/mol. The van der Waals surface area contributed by atoms with Crippen LogP contribution in [0.2, 0.25) is 0 Å². The second-order valence-corrected chi connectivity index (χ2v) is 8.86. The van der Waals surface area contributed by atoms with Gasteiger partial charge in [-0.2, -0.15) is 0 Å². The lowest BCUT2D eigenvalue weighted by molar-refractivity contribution is 0.132. The normalized spacial score (nSPS) is 18.8. The van der Waals surface area contributed by atoms with E-state index in [0.717, 1.165) is 57.5 Å². The van der Waals surface area contributed by atoms with Crippen molar-refractivity contribution in [3.63, 3.8) is 0 Å². The molecule has 2 N–H and O–H groups in total. The van der Waals surface area contributed by atoms with Crippen LogP contribution in [0, 0.1) is 0 Å². The van der Waals surface area contributed by atoms with Crippen molar-refractivity contribution in [2.75, 3.05) is 63.8 Å². The number of aromatic nitrogens is 1. The largest absolute Gasteiger partial charge is 0.370 e. The van der Waals surface area contributed by atoms with Crippen LogP contribution in [-0.4, -0.2) is 84.5 Å². The second kappa shape index (κ2) is 12.0. The van der Waals surface area contributed by atoms with Crippen molar-refractivity contribution >= 4 is 46.4 Å². The molecule has 7 nitrogen and oxygen atoms in total. The van der Waals surface area contributed by atoms with Gasteiger partial charge >= 0.3 is 0 Å². The van der Waals surface area contributed by atoms with E-state index in [4.69, 9.17) is 5.73 Å². The molecule has 2 aromatic rings. The standard InChI is InChI=1S/C22H33N7S.HI/c1-2-26-8-10-27(11-9-26)18-20-5-3-19(4-6-20)17-25-21(23)28-12-14-29(15-13-28)22-24-7-16-30-22;/h3-7,16H,2,8-15,17-18H2,1H3,(H2,23,25);1H. The number of rotatable bonds is 6. The SMILES string of the molecule is CCN1CCN(Cc2ccc(CN=C(N)N3CCN(c4nccs4)CC3)cc2)CC1.I. The van der Waals surface area contributed by atoms with E-state index in [1.54, 1.807) is 11.3 Å². The predicted molar refractivity (Wildman–Crippen MR) is 140 cm³/mol. The Bertz CT molecular complexity index is 796. The summed E-state index contributed by atoms with van der Waals surface area (Å²) >= 11 is 1.69. The average Bonchev–Trinajstić information content (AvgIpc) is 3.34. The molecule has 0 spiro atoms. The Morgan fingerprint density at radius 1 is 0.968 bits per heavy atom. The van der Waals surface area contributed by atoms with Crippen LogP contribution >= 0.6 is 35.3 Å². The molecule has 0 aliphatic carbocycles. The molecule has 4 rings (SSSR count). The Hall–Kier alpha value is -1.43. The lowest BCUT2D eigenvalue weighted by atomic mass is 10.1. The van der Waals surface area contributed by atoms with E-state index < -0.39 is 0 Å². The Morgan fingerprint density at radius 3 is 2.23 bits per heavy atom. The number of nitrogens with zero attached hydrogens (tertiary/aromatic N) is 6. The molecule has 1 aromatic heterocycles. The highest BCUT2D eigenvalue weighted by Crippen LogP contribution is 2.19. The minimum Gasteiger partial charge on any atom is -0.370 e. The predicted octanol–water partition coefficient (Wildman–Crippen LogP) is 2.54. The summed E-state index contributed by atoms with van der Waals surface area (Å²) < 4.78 is 0. The maximum absolute atomic E-state index is 6.27. The molecular formula is C22H34IN7S. The molecule has 3 heterocycles. The topological polar surface area (TPSA) is 64.2 Å². The number of guanidine groups is 1. The number of anilines is 1.